The maximum atomic E-state index is 12.3. The second kappa shape index (κ2) is 1.75. The molecule has 1 saturated carbocycles. The van der Waals surface area contributed by atoms with E-state index in [-0.39, 0.29) is 6.61 Å². The van der Waals surface area contributed by atoms with E-state index >= 15 is 0 Å². The summed E-state index contributed by atoms with van der Waals surface area (Å²) in [5, 5.41) is 8.67. The van der Waals surface area contributed by atoms with E-state index in [1.807, 2.05) is 0 Å². The molecule has 0 aromatic rings. The van der Waals surface area contributed by atoms with E-state index in [2.05, 4.69) is 0 Å². The summed E-state index contributed by atoms with van der Waals surface area (Å²) in [6, 6.07) is 0. The van der Waals surface area contributed by atoms with Gasteiger partial charge in [0.2, 0.25) is 0 Å². The van der Waals surface area contributed by atoms with Crippen LogP contribution in [0.4, 0.5) is 4.39 Å². The number of carboxylic acids is 1. The molecule has 1 N–H and O–H groups in total. The predicted molar refractivity (Wildman–Crippen MR) is 34.0 cm³/mol. The smallest absolute Gasteiger partial charge is 0.336 e. The molecule has 2 saturated heterocycles. The molecule has 2 aliphatic heterocycles. The minimum absolute atomic E-state index is 0.274. The Morgan fingerprint density at radius 1 is 1.64 bits per heavy atom. The highest BCUT2D eigenvalue weighted by atomic mass is 19.1. The Morgan fingerprint density at radius 3 is 2.55 bits per heavy atom. The number of rotatable bonds is 2. The van der Waals surface area contributed by atoms with Gasteiger partial charge in [0.1, 0.15) is 0 Å². The standard InChI is InChI=1S/C7H9FO3/c8-3-6-1-7(2-6,5(9)10)11-4-6/h1-4H2,(H,9,10). The Labute approximate surface area is 63.2 Å². The van der Waals surface area contributed by atoms with Crippen molar-refractivity contribution in [2.75, 3.05) is 13.3 Å². The molecule has 3 rings (SSSR count). The fourth-order valence-corrected chi connectivity index (χ4v) is 2.00. The molecule has 0 spiro atoms. The van der Waals surface area contributed by atoms with Crippen LogP contribution in [0.3, 0.4) is 0 Å². The lowest BCUT2D eigenvalue weighted by molar-refractivity contribution is -0.164. The normalized spacial score (nSPS) is 47.0. The van der Waals surface area contributed by atoms with Gasteiger partial charge in [0.25, 0.3) is 0 Å². The quantitative estimate of drug-likeness (QED) is 0.643. The highest BCUT2D eigenvalue weighted by molar-refractivity contribution is 5.80. The number of alkyl halides is 1. The second-order valence-corrected chi connectivity index (χ2v) is 3.58. The molecule has 1 aliphatic carbocycles. The minimum Gasteiger partial charge on any atom is -0.479 e. The summed E-state index contributed by atoms with van der Waals surface area (Å²) in [6.45, 7) is -0.183. The van der Waals surface area contributed by atoms with Crippen molar-refractivity contribution in [3.05, 3.63) is 0 Å². The van der Waals surface area contributed by atoms with Gasteiger partial charge >= 0.3 is 5.97 Å². The van der Waals surface area contributed by atoms with Crippen LogP contribution in [0.2, 0.25) is 0 Å². The second-order valence-electron chi connectivity index (χ2n) is 3.58. The third-order valence-corrected chi connectivity index (χ3v) is 2.65. The molecule has 2 heterocycles. The van der Waals surface area contributed by atoms with Gasteiger partial charge in [0, 0.05) is 5.41 Å². The van der Waals surface area contributed by atoms with Gasteiger partial charge in [-0.3, -0.25) is 4.39 Å². The average molecular weight is 160 g/mol. The van der Waals surface area contributed by atoms with E-state index in [4.69, 9.17) is 9.84 Å². The molecular weight excluding hydrogens is 151 g/mol. The number of carbonyl (C=O) groups is 1. The van der Waals surface area contributed by atoms with E-state index in [1.54, 1.807) is 0 Å². The van der Waals surface area contributed by atoms with E-state index in [9.17, 15) is 9.18 Å². The highest BCUT2D eigenvalue weighted by Gasteiger charge is 2.66. The minimum atomic E-state index is -1.02. The Balaban J connectivity index is 2.14. The Kier molecular flexibility index (Phi) is 1.12. The predicted octanol–water partition coefficient (Wildman–Crippen LogP) is 0.590. The first-order chi connectivity index (χ1) is 5.13. The van der Waals surface area contributed by atoms with Gasteiger partial charge in [-0.15, -0.1) is 0 Å². The largest absolute Gasteiger partial charge is 0.479 e. The van der Waals surface area contributed by atoms with Crippen molar-refractivity contribution in [1.29, 1.82) is 0 Å². The maximum Gasteiger partial charge on any atom is 0.336 e. The number of hydrogen-bond donors (Lipinski definition) is 1. The molecule has 0 radical (unpaired) electrons. The number of ether oxygens (including phenoxy) is 1. The van der Waals surface area contributed by atoms with Crippen LogP contribution in [0.5, 0.6) is 0 Å². The van der Waals surface area contributed by atoms with Gasteiger partial charge in [-0.05, 0) is 12.8 Å². The topological polar surface area (TPSA) is 46.5 Å². The van der Waals surface area contributed by atoms with E-state index in [0.29, 0.717) is 12.8 Å². The average Bonchev–Trinajstić information content (AvgIpc) is 2.39. The van der Waals surface area contributed by atoms with Crippen molar-refractivity contribution in [1.82, 2.24) is 0 Å². The Morgan fingerprint density at radius 2 is 2.27 bits per heavy atom. The van der Waals surface area contributed by atoms with Gasteiger partial charge in [0.05, 0.1) is 13.3 Å². The van der Waals surface area contributed by atoms with Crippen molar-refractivity contribution >= 4 is 5.97 Å². The van der Waals surface area contributed by atoms with Crippen molar-refractivity contribution < 1.29 is 19.0 Å². The summed E-state index contributed by atoms with van der Waals surface area (Å²) >= 11 is 0. The van der Waals surface area contributed by atoms with Crippen LogP contribution >= 0.6 is 0 Å². The van der Waals surface area contributed by atoms with Gasteiger partial charge in [-0.2, -0.15) is 0 Å². The third kappa shape index (κ3) is 0.677. The zero-order chi connectivity index (χ0) is 8.11. The number of carboxylic acid groups (broad SMARTS) is 1. The van der Waals surface area contributed by atoms with Crippen LogP contribution in [-0.2, 0) is 9.53 Å². The van der Waals surface area contributed by atoms with Gasteiger partial charge in [-0.1, -0.05) is 0 Å². The molecule has 3 nitrogen and oxygen atoms in total. The molecule has 0 unspecified atom stereocenters. The Bertz CT molecular complexity index is 208. The number of aliphatic carboxylic acids is 1. The number of halogens is 1. The lowest BCUT2D eigenvalue weighted by Crippen LogP contribution is -2.50. The third-order valence-electron chi connectivity index (χ3n) is 2.65. The van der Waals surface area contributed by atoms with E-state index in [0.717, 1.165) is 0 Å². The summed E-state index contributed by atoms with van der Waals surface area (Å²) in [5.74, 6) is -0.945. The van der Waals surface area contributed by atoms with Gasteiger partial charge < -0.3 is 9.84 Å². The molecule has 2 bridgehead atoms. The molecule has 0 aromatic heterocycles. The van der Waals surface area contributed by atoms with Crippen molar-refractivity contribution in [3.8, 4) is 0 Å². The van der Waals surface area contributed by atoms with Crippen LogP contribution < -0.4 is 0 Å². The van der Waals surface area contributed by atoms with E-state index in [1.165, 1.54) is 0 Å². The zero-order valence-corrected chi connectivity index (χ0v) is 5.97. The maximum absolute atomic E-state index is 12.3. The first-order valence-electron chi connectivity index (χ1n) is 3.56. The van der Waals surface area contributed by atoms with Crippen LogP contribution in [0, 0.1) is 5.41 Å². The van der Waals surface area contributed by atoms with Crippen molar-refractivity contribution in [2.24, 2.45) is 5.41 Å². The van der Waals surface area contributed by atoms with Gasteiger partial charge in [0.15, 0.2) is 5.60 Å². The Hall–Kier alpha value is -0.640. The lowest BCUT2D eigenvalue weighted by Gasteiger charge is -2.39. The van der Waals surface area contributed by atoms with Crippen molar-refractivity contribution in [2.45, 2.75) is 18.4 Å². The number of hydrogen-bond acceptors (Lipinski definition) is 2. The fraction of sp³-hybridized carbons (Fsp3) is 0.857. The molecule has 0 atom stereocenters. The van der Waals surface area contributed by atoms with Gasteiger partial charge in [-0.25, -0.2) is 4.79 Å². The molecular formula is C7H9FO3. The summed E-state index contributed by atoms with van der Waals surface area (Å²) in [4.78, 5) is 10.6. The summed E-state index contributed by atoms with van der Waals surface area (Å²) < 4.78 is 17.3. The van der Waals surface area contributed by atoms with Crippen LogP contribution in [0.15, 0.2) is 0 Å². The van der Waals surface area contributed by atoms with Crippen molar-refractivity contribution in [3.63, 3.8) is 0 Å². The first-order valence-corrected chi connectivity index (χ1v) is 3.56. The summed E-state index contributed by atoms with van der Waals surface area (Å²) in [6.07, 6.45) is 0.706. The molecule has 11 heavy (non-hydrogen) atoms. The molecule has 3 aliphatic rings. The first kappa shape index (κ1) is 7.03. The highest BCUT2D eigenvalue weighted by Crippen LogP contribution is 2.57. The fourth-order valence-electron chi connectivity index (χ4n) is 2.00. The SMILES string of the molecule is O=C(O)C12CC(CF)(CO1)C2. The molecule has 3 fully saturated rings. The van der Waals surface area contributed by atoms with Crippen LogP contribution in [0.25, 0.3) is 0 Å². The van der Waals surface area contributed by atoms with Crippen LogP contribution in [-0.4, -0.2) is 30.0 Å². The molecule has 4 heteroatoms. The zero-order valence-electron chi connectivity index (χ0n) is 5.97. The molecule has 0 aromatic carbocycles. The van der Waals surface area contributed by atoms with E-state index < -0.39 is 23.7 Å². The summed E-state index contributed by atoms with van der Waals surface area (Å²) in [7, 11) is 0. The number of fused-ring (bicyclic) bond motifs is 1. The molecule has 62 valence electrons. The lowest BCUT2D eigenvalue weighted by atomic mass is 9.63. The molecule has 0 amide bonds. The van der Waals surface area contributed by atoms with Crippen LogP contribution in [0.1, 0.15) is 12.8 Å². The summed E-state index contributed by atoms with van der Waals surface area (Å²) in [5.41, 5.74) is -1.47. The monoisotopic (exact) mass is 160 g/mol.